The molecule has 1 aromatic carbocycles. The molecule has 24 heavy (non-hydrogen) atoms. The van der Waals surface area contributed by atoms with E-state index in [1.54, 1.807) is 0 Å². The van der Waals surface area contributed by atoms with Crippen molar-refractivity contribution in [3.8, 4) is 0 Å². The van der Waals surface area contributed by atoms with E-state index < -0.39 is 0 Å². The largest absolute Gasteiger partial charge is 0.396 e. The standard InChI is InChI=1S/C20H29N3O/c1-3-18-16-9-8-14(17-11-21-12-20(17,2)13-24)10-19(16)23(22-18)15-6-4-5-7-15/h8-10,15,17,21,24H,3-7,11-13H2,1-2H3. The zero-order valence-corrected chi connectivity index (χ0v) is 14.9. The van der Waals surface area contributed by atoms with Gasteiger partial charge in [0, 0.05) is 29.8 Å². The quantitative estimate of drug-likeness (QED) is 0.905. The number of aliphatic hydroxyl groups excluding tert-OH is 1. The Balaban J connectivity index is 1.80. The lowest BCUT2D eigenvalue weighted by Crippen LogP contribution is -2.29. The molecular formula is C20H29N3O. The Kier molecular flexibility index (Phi) is 4.13. The van der Waals surface area contributed by atoms with Gasteiger partial charge in [-0.15, -0.1) is 0 Å². The first-order chi connectivity index (χ1) is 11.7. The van der Waals surface area contributed by atoms with E-state index >= 15 is 0 Å². The molecule has 1 aromatic heterocycles. The average Bonchev–Trinajstić information content (AvgIpc) is 3.32. The second-order valence-corrected chi connectivity index (χ2v) is 7.96. The Morgan fingerprint density at radius 3 is 2.83 bits per heavy atom. The third-order valence-corrected chi connectivity index (χ3v) is 6.30. The Bertz CT molecular complexity index is 732. The van der Waals surface area contributed by atoms with Crippen LogP contribution >= 0.6 is 0 Å². The predicted octanol–water partition coefficient (Wildman–Crippen LogP) is 3.40. The van der Waals surface area contributed by atoms with Gasteiger partial charge in [0.25, 0.3) is 0 Å². The van der Waals surface area contributed by atoms with Crippen LogP contribution in [0.3, 0.4) is 0 Å². The minimum absolute atomic E-state index is 0.0700. The lowest BCUT2D eigenvalue weighted by atomic mass is 9.76. The molecule has 4 nitrogen and oxygen atoms in total. The van der Waals surface area contributed by atoms with Crippen molar-refractivity contribution in [2.45, 2.75) is 57.9 Å². The molecule has 0 amide bonds. The summed E-state index contributed by atoms with van der Waals surface area (Å²) in [6, 6.07) is 7.44. The van der Waals surface area contributed by atoms with Crippen LogP contribution < -0.4 is 5.32 Å². The van der Waals surface area contributed by atoms with Crippen LogP contribution in [0.4, 0.5) is 0 Å². The molecule has 2 N–H and O–H groups in total. The van der Waals surface area contributed by atoms with Crippen LogP contribution in [-0.2, 0) is 6.42 Å². The number of benzene rings is 1. The van der Waals surface area contributed by atoms with E-state index in [1.807, 2.05) is 0 Å². The van der Waals surface area contributed by atoms with Gasteiger partial charge in [-0.05, 0) is 30.9 Å². The average molecular weight is 327 g/mol. The molecule has 2 atom stereocenters. The van der Waals surface area contributed by atoms with Crippen LogP contribution in [-0.4, -0.2) is 34.6 Å². The summed E-state index contributed by atoms with van der Waals surface area (Å²) in [5, 5.41) is 19.6. The number of aryl methyl sites for hydroxylation is 1. The fourth-order valence-corrected chi connectivity index (χ4v) is 4.68. The maximum absolute atomic E-state index is 9.88. The zero-order valence-electron chi connectivity index (χ0n) is 14.9. The molecular weight excluding hydrogens is 298 g/mol. The number of aromatic nitrogens is 2. The number of aliphatic hydroxyl groups is 1. The van der Waals surface area contributed by atoms with Crippen LogP contribution in [0, 0.1) is 5.41 Å². The monoisotopic (exact) mass is 327 g/mol. The van der Waals surface area contributed by atoms with Crippen molar-refractivity contribution >= 4 is 10.9 Å². The van der Waals surface area contributed by atoms with Crippen LogP contribution in [0.1, 0.15) is 62.7 Å². The third-order valence-electron chi connectivity index (χ3n) is 6.30. The smallest absolute Gasteiger partial charge is 0.0700 e. The van der Waals surface area contributed by atoms with E-state index in [9.17, 15) is 5.11 Å². The Labute approximate surface area is 144 Å². The van der Waals surface area contributed by atoms with Gasteiger partial charge in [0.15, 0.2) is 0 Å². The first kappa shape index (κ1) is 16.1. The van der Waals surface area contributed by atoms with Gasteiger partial charge in [0.05, 0.1) is 23.9 Å². The van der Waals surface area contributed by atoms with E-state index in [2.05, 4.69) is 42.0 Å². The summed E-state index contributed by atoms with van der Waals surface area (Å²) in [7, 11) is 0. The topological polar surface area (TPSA) is 50.1 Å². The van der Waals surface area contributed by atoms with Crippen LogP contribution in [0.2, 0.25) is 0 Å². The fourth-order valence-electron chi connectivity index (χ4n) is 4.68. The summed E-state index contributed by atoms with van der Waals surface area (Å²) in [5.41, 5.74) is 3.78. The lowest BCUT2D eigenvalue weighted by Gasteiger charge is -2.28. The van der Waals surface area contributed by atoms with Gasteiger partial charge < -0.3 is 10.4 Å². The molecule has 2 aliphatic rings. The second kappa shape index (κ2) is 6.16. The highest BCUT2D eigenvalue weighted by molar-refractivity contribution is 5.83. The van der Waals surface area contributed by atoms with Gasteiger partial charge in [0.1, 0.15) is 0 Å². The molecule has 0 bridgehead atoms. The summed E-state index contributed by atoms with van der Waals surface area (Å²) in [6.07, 6.45) is 6.13. The summed E-state index contributed by atoms with van der Waals surface area (Å²) in [4.78, 5) is 0. The van der Waals surface area contributed by atoms with Gasteiger partial charge in [-0.25, -0.2) is 0 Å². The molecule has 1 saturated carbocycles. The van der Waals surface area contributed by atoms with Crippen LogP contribution in [0.25, 0.3) is 10.9 Å². The number of nitrogens with one attached hydrogen (secondary N) is 1. The van der Waals surface area contributed by atoms with Crippen molar-refractivity contribution in [1.29, 1.82) is 0 Å². The van der Waals surface area contributed by atoms with E-state index in [1.165, 1.54) is 47.8 Å². The summed E-state index contributed by atoms with van der Waals surface area (Å²) >= 11 is 0. The maximum Gasteiger partial charge on any atom is 0.0700 e. The van der Waals surface area contributed by atoms with Crippen molar-refractivity contribution in [1.82, 2.24) is 15.1 Å². The zero-order chi connectivity index (χ0) is 16.7. The molecule has 130 valence electrons. The lowest BCUT2D eigenvalue weighted by molar-refractivity contribution is 0.144. The number of nitrogens with zero attached hydrogens (tertiary/aromatic N) is 2. The molecule has 2 unspecified atom stereocenters. The van der Waals surface area contributed by atoms with Crippen molar-refractivity contribution in [3.05, 3.63) is 29.5 Å². The number of rotatable bonds is 4. The minimum atomic E-state index is -0.0700. The first-order valence-corrected chi connectivity index (χ1v) is 9.49. The van der Waals surface area contributed by atoms with Gasteiger partial charge in [-0.3, -0.25) is 4.68 Å². The molecule has 2 aromatic rings. The van der Waals surface area contributed by atoms with E-state index in [-0.39, 0.29) is 12.0 Å². The SMILES string of the molecule is CCc1nn(C2CCCC2)c2cc(C3CNCC3(C)CO)ccc12. The van der Waals surface area contributed by atoms with Gasteiger partial charge >= 0.3 is 0 Å². The van der Waals surface area contributed by atoms with Crippen molar-refractivity contribution < 1.29 is 5.11 Å². The molecule has 1 aliphatic carbocycles. The Morgan fingerprint density at radius 2 is 2.12 bits per heavy atom. The normalized spacial score (nSPS) is 28.2. The van der Waals surface area contributed by atoms with E-state index in [0.717, 1.165) is 19.5 Å². The highest BCUT2D eigenvalue weighted by Gasteiger charge is 2.39. The van der Waals surface area contributed by atoms with Gasteiger partial charge in [-0.2, -0.15) is 5.10 Å². The highest BCUT2D eigenvalue weighted by Crippen LogP contribution is 2.40. The molecule has 0 spiro atoms. The number of hydrogen-bond donors (Lipinski definition) is 2. The molecule has 1 aliphatic heterocycles. The number of fused-ring (bicyclic) bond motifs is 1. The molecule has 4 rings (SSSR count). The van der Waals surface area contributed by atoms with Crippen LogP contribution in [0.15, 0.2) is 18.2 Å². The van der Waals surface area contributed by atoms with E-state index in [0.29, 0.717) is 12.0 Å². The summed E-state index contributed by atoms with van der Waals surface area (Å²) in [5.74, 6) is 0.365. The van der Waals surface area contributed by atoms with E-state index in [4.69, 9.17) is 5.10 Å². The highest BCUT2D eigenvalue weighted by atomic mass is 16.3. The molecule has 4 heteroatoms. The Morgan fingerprint density at radius 1 is 1.33 bits per heavy atom. The minimum Gasteiger partial charge on any atom is -0.396 e. The van der Waals surface area contributed by atoms with Crippen molar-refractivity contribution in [2.24, 2.45) is 5.41 Å². The summed E-state index contributed by atoms with van der Waals surface area (Å²) < 4.78 is 2.31. The Hall–Kier alpha value is -1.39. The van der Waals surface area contributed by atoms with Crippen molar-refractivity contribution in [3.63, 3.8) is 0 Å². The molecule has 0 radical (unpaired) electrons. The van der Waals surface area contributed by atoms with Gasteiger partial charge in [0.2, 0.25) is 0 Å². The predicted molar refractivity (Wildman–Crippen MR) is 97.4 cm³/mol. The fraction of sp³-hybridized carbons (Fsp3) is 0.650. The molecule has 1 saturated heterocycles. The second-order valence-electron chi connectivity index (χ2n) is 7.96. The first-order valence-electron chi connectivity index (χ1n) is 9.49. The molecule has 2 fully saturated rings. The van der Waals surface area contributed by atoms with Crippen molar-refractivity contribution in [2.75, 3.05) is 19.7 Å². The molecule has 2 heterocycles. The van der Waals surface area contributed by atoms with Gasteiger partial charge in [-0.1, -0.05) is 38.8 Å². The van der Waals surface area contributed by atoms with Crippen LogP contribution in [0.5, 0.6) is 0 Å². The third kappa shape index (κ3) is 2.47. The summed E-state index contributed by atoms with van der Waals surface area (Å²) in [6.45, 7) is 6.44. The maximum atomic E-state index is 9.88. The number of hydrogen-bond acceptors (Lipinski definition) is 3.